The molecule has 1 aromatic rings. The fraction of sp³-hybridized carbons (Fsp3) is 0.250. The van der Waals surface area contributed by atoms with Crippen LogP contribution < -0.4 is 0 Å². The zero-order valence-corrected chi connectivity index (χ0v) is 9.73. The van der Waals surface area contributed by atoms with Crippen LogP contribution in [0.1, 0.15) is 0 Å². The minimum atomic E-state index is -5.41. The summed E-state index contributed by atoms with van der Waals surface area (Å²) in [5, 5.41) is 0. The lowest BCUT2D eigenvalue weighted by molar-refractivity contribution is -0.0434. The number of halogens is 3. The predicted molar refractivity (Wildman–Crippen MR) is 55.4 cm³/mol. The molecule has 0 saturated carbocycles. The molecule has 0 aliphatic heterocycles. The molecule has 0 aliphatic rings. The Morgan fingerprint density at radius 3 is 2.12 bits per heavy atom. The SMILES string of the molecule is C/S(=N\S(=O)(=O)C(F)(F)F)c1ccccc1. The Morgan fingerprint density at radius 2 is 1.69 bits per heavy atom. The van der Waals surface area contributed by atoms with E-state index in [-0.39, 0.29) is 0 Å². The van der Waals surface area contributed by atoms with Crippen molar-refractivity contribution in [3.8, 4) is 0 Å². The highest BCUT2D eigenvalue weighted by Crippen LogP contribution is 2.26. The van der Waals surface area contributed by atoms with Crippen molar-refractivity contribution in [2.75, 3.05) is 6.26 Å². The first-order chi connectivity index (χ1) is 7.24. The van der Waals surface area contributed by atoms with Crippen LogP contribution in [-0.4, -0.2) is 20.2 Å². The molecule has 8 heteroatoms. The molecule has 0 aromatic heterocycles. The van der Waals surface area contributed by atoms with Crippen molar-refractivity contribution < 1.29 is 21.6 Å². The van der Waals surface area contributed by atoms with Crippen molar-refractivity contribution in [3.05, 3.63) is 30.3 Å². The summed E-state index contributed by atoms with van der Waals surface area (Å²) < 4.78 is 60.4. The normalized spacial score (nSPS) is 15.0. The van der Waals surface area contributed by atoms with Crippen LogP contribution in [-0.2, 0) is 20.7 Å². The molecule has 1 aromatic carbocycles. The van der Waals surface area contributed by atoms with Crippen LogP contribution >= 0.6 is 0 Å². The first-order valence-electron chi connectivity index (χ1n) is 3.99. The van der Waals surface area contributed by atoms with Crippen molar-refractivity contribution in [2.45, 2.75) is 10.4 Å². The van der Waals surface area contributed by atoms with E-state index in [0.717, 1.165) is 0 Å². The van der Waals surface area contributed by atoms with Gasteiger partial charge in [-0.3, -0.25) is 0 Å². The van der Waals surface area contributed by atoms with Gasteiger partial charge in [-0.1, -0.05) is 28.9 Å². The molecule has 0 spiro atoms. The Hall–Kier alpha value is -0.890. The molecule has 3 nitrogen and oxygen atoms in total. The maximum Gasteiger partial charge on any atom is 0.519 e. The fourth-order valence-corrected chi connectivity index (χ4v) is 3.26. The van der Waals surface area contributed by atoms with Crippen LogP contribution in [0, 0.1) is 0 Å². The molecule has 1 atom stereocenters. The largest absolute Gasteiger partial charge is 0.519 e. The fourth-order valence-electron chi connectivity index (χ4n) is 0.850. The third-order valence-electron chi connectivity index (χ3n) is 1.59. The second-order valence-electron chi connectivity index (χ2n) is 2.79. The van der Waals surface area contributed by atoms with Crippen molar-refractivity contribution in [1.82, 2.24) is 0 Å². The summed E-state index contributed by atoms with van der Waals surface area (Å²) in [6.07, 6.45) is 1.32. The molecular formula is C8H8F3NO2S2. The second-order valence-corrected chi connectivity index (χ2v) is 6.22. The van der Waals surface area contributed by atoms with E-state index >= 15 is 0 Å². The highest BCUT2D eigenvalue weighted by molar-refractivity contribution is 8.00. The monoisotopic (exact) mass is 271 g/mol. The minimum absolute atomic E-state index is 0.440. The highest BCUT2D eigenvalue weighted by Gasteiger charge is 2.46. The van der Waals surface area contributed by atoms with Gasteiger partial charge in [0.1, 0.15) is 0 Å². The maximum atomic E-state index is 12.0. The van der Waals surface area contributed by atoms with E-state index in [1.54, 1.807) is 18.2 Å². The van der Waals surface area contributed by atoms with Crippen LogP contribution in [0.5, 0.6) is 0 Å². The van der Waals surface area contributed by atoms with Crippen LogP contribution in [0.25, 0.3) is 0 Å². The van der Waals surface area contributed by atoms with Crippen LogP contribution in [0.4, 0.5) is 13.2 Å². The van der Waals surface area contributed by atoms with Crippen molar-refractivity contribution in [1.29, 1.82) is 0 Å². The van der Waals surface area contributed by atoms with E-state index in [1.165, 1.54) is 18.4 Å². The summed E-state index contributed by atoms with van der Waals surface area (Å²) in [7, 11) is -6.74. The Balaban J connectivity index is 3.13. The average Bonchev–Trinajstić information content (AvgIpc) is 2.16. The average molecular weight is 271 g/mol. The summed E-state index contributed by atoms with van der Waals surface area (Å²) in [5.74, 6) is 0. The number of benzene rings is 1. The molecule has 0 saturated heterocycles. The van der Waals surface area contributed by atoms with E-state index in [1.807, 2.05) is 0 Å². The lowest BCUT2D eigenvalue weighted by atomic mass is 10.4. The third kappa shape index (κ3) is 3.05. The van der Waals surface area contributed by atoms with Crippen molar-refractivity contribution >= 4 is 20.7 Å². The smallest absolute Gasteiger partial charge is 0.194 e. The van der Waals surface area contributed by atoms with Gasteiger partial charge < -0.3 is 0 Å². The Morgan fingerprint density at radius 1 is 1.19 bits per heavy atom. The van der Waals surface area contributed by atoms with E-state index < -0.39 is 26.2 Å². The van der Waals surface area contributed by atoms with Gasteiger partial charge in [-0.05, 0) is 18.4 Å². The lowest BCUT2D eigenvalue weighted by Crippen LogP contribution is -2.21. The maximum absolute atomic E-state index is 12.0. The first-order valence-corrected chi connectivity index (χ1v) is 7.02. The molecule has 16 heavy (non-hydrogen) atoms. The Kier molecular flexibility index (Phi) is 3.74. The van der Waals surface area contributed by atoms with Crippen molar-refractivity contribution in [3.63, 3.8) is 0 Å². The van der Waals surface area contributed by atoms with Gasteiger partial charge in [0.15, 0.2) is 0 Å². The minimum Gasteiger partial charge on any atom is -0.194 e. The molecule has 1 unspecified atom stereocenters. The highest BCUT2D eigenvalue weighted by atomic mass is 32.3. The van der Waals surface area contributed by atoms with Gasteiger partial charge >= 0.3 is 15.5 Å². The summed E-state index contributed by atoms with van der Waals surface area (Å²) in [6, 6.07) is 7.94. The molecule has 0 radical (unpaired) electrons. The number of nitrogens with zero attached hydrogens (tertiary/aromatic N) is 1. The molecule has 90 valence electrons. The number of hydrogen-bond donors (Lipinski definition) is 0. The standard InChI is InChI=1S/C8H8F3NO2S2/c1-15(7-5-3-2-4-6-7)12-16(13,14)8(9,10)11/h2-6H,1H3. The van der Waals surface area contributed by atoms with E-state index in [0.29, 0.717) is 4.90 Å². The van der Waals surface area contributed by atoms with E-state index in [9.17, 15) is 21.6 Å². The van der Waals surface area contributed by atoms with Gasteiger partial charge in [-0.15, -0.1) is 3.77 Å². The van der Waals surface area contributed by atoms with Crippen LogP contribution in [0.15, 0.2) is 39.0 Å². The zero-order valence-electron chi connectivity index (χ0n) is 8.10. The quantitative estimate of drug-likeness (QED) is 0.828. The number of rotatable bonds is 2. The topological polar surface area (TPSA) is 46.5 Å². The van der Waals surface area contributed by atoms with Gasteiger partial charge in [0.2, 0.25) is 0 Å². The zero-order chi connectivity index (χ0) is 12.4. The molecule has 0 N–H and O–H groups in total. The summed E-state index contributed by atoms with van der Waals surface area (Å²) in [6.45, 7) is 0. The molecule has 0 heterocycles. The molecule has 0 amide bonds. The van der Waals surface area contributed by atoms with Crippen molar-refractivity contribution in [2.24, 2.45) is 3.77 Å². The predicted octanol–water partition coefficient (Wildman–Crippen LogP) is 2.33. The van der Waals surface area contributed by atoms with Gasteiger partial charge in [0.25, 0.3) is 0 Å². The number of alkyl halides is 3. The second kappa shape index (κ2) is 4.54. The first kappa shape index (κ1) is 13.2. The molecule has 0 bridgehead atoms. The third-order valence-corrected chi connectivity index (χ3v) is 4.81. The van der Waals surface area contributed by atoms with E-state index in [2.05, 4.69) is 3.77 Å². The van der Waals surface area contributed by atoms with Crippen LogP contribution in [0.3, 0.4) is 0 Å². The lowest BCUT2D eigenvalue weighted by Gasteiger charge is -2.05. The van der Waals surface area contributed by atoms with Gasteiger partial charge in [0.05, 0.1) is 0 Å². The number of hydrogen-bond acceptors (Lipinski definition) is 2. The molecule has 0 aliphatic carbocycles. The molecule has 1 rings (SSSR count). The van der Waals surface area contributed by atoms with Gasteiger partial charge in [0, 0.05) is 4.90 Å². The van der Waals surface area contributed by atoms with E-state index in [4.69, 9.17) is 0 Å². The Bertz CT molecular complexity index is 494. The summed E-state index contributed by atoms with van der Waals surface area (Å²) in [4.78, 5) is 0.440. The van der Waals surface area contributed by atoms with Crippen LogP contribution in [0.2, 0.25) is 0 Å². The molecule has 0 fully saturated rings. The van der Waals surface area contributed by atoms with Gasteiger partial charge in [-0.2, -0.15) is 21.6 Å². The molecular weight excluding hydrogens is 263 g/mol. The van der Waals surface area contributed by atoms with Gasteiger partial charge in [-0.25, -0.2) is 0 Å². The Labute approximate surface area is 93.4 Å². The summed E-state index contributed by atoms with van der Waals surface area (Å²) >= 11 is 0. The number of sulfonamides is 1. The summed E-state index contributed by atoms with van der Waals surface area (Å²) in [5.41, 5.74) is -5.33.